The molecule has 0 saturated heterocycles. The summed E-state index contributed by atoms with van der Waals surface area (Å²) in [6.07, 6.45) is 6.08. The first-order valence-electron chi connectivity index (χ1n) is 8.41. The van der Waals surface area contributed by atoms with Crippen LogP contribution in [-0.4, -0.2) is 19.1 Å². The minimum absolute atomic E-state index is 0.0276. The molecule has 0 aromatic heterocycles. The standard InChI is InChI=1S/C18H31FN2/c1-4-7-12-21(13-8-5-2)18-11-9-10-17(19)16(18)14-15(20)6-3/h9-11,15H,4-8,12-14,20H2,1-3H3. The zero-order valence-electron chi connectivity index (χ0n) is 13.9. The van der Waals surface area contributed by atoms with Gasteiger partial charge < -0.3 is 10.6 Å². The van der Waals surface area contributed by atoms with Crippen molar-refractivity contribution in [3.63, 3.8) is 0 Å². The van der Waals surface area contributed by atoms with Crippen molar-refractivity contribution in [3.8, 4) is 0 Å². The van der Waals surface area contributed by atoms with Gasteiger partial charge in [0.1, 0.15) is 5.82 Å². The molecule has 0 aliphatic rings. The normalized spacial score (nSPS) is 12.4. The molecule has 1 aromatic rings. The summed E-state index contributed by atoms with van der Waals surface area (Å²) in [5.41, 5.74) is 7.89. The Kier molecular flexibility index (Phi) is 8.36. The predicted molar refractivity (Wildman–Crippen MR) is 90.4 cm³/mol. The second kappa shape index (κ2) is 9.78. The lowest BCUT2D eigenvalue weighted by Gasteiger charge is -2.28. The van der Waals surface area contributed by atoms with Crippen molar-refractivity contribution < 1.29 is 4.39 Å². The monoisotopic (exact) mass is 294 g/mol. The van der Waals surface area contributed by atoms with Gasteiger partial charge in [-0.3, -0.25) is 0 Å². The number of benzene rings is 1. The molecule has 0 radical (unpaired) electrons. The molecule has 2 nitrogen and oxygen atoms in total. The summed E-state index contributed by atoms with van der Waals surface area (Å²) in [5, 5.41) is 0. The molecule has 1 atom stereocenters. The first kappa shape index (κ1) is 18.0. The Labute approximate surface area is 129 Å². The molecule has 0 fully saturated rings. The van der Waals surface area contributed by atoms with Crippen LogP contribution < -0.4 is 10.6 Å². The van der Waals surface area contributed by atoms with Crippen LogP contribution in [0.25, 0.3) is 0 Å². The number of nitrogens with two attached hydrogens (primary N) is 1. The summed E-state index contributed by atoms with van der Waals surface area (Å²) < 4.78 is 14.3. The Morgan fingerprint density at radius 1 is 1.10 bits per heavy atom. The molecule has 0 amide bonds. The van der Waals surface area contributed by atoms with Crippen molar-refractivity contribution in [2.45, 2.75) is 65.3 Å². The molecule has 0 bridgehead atoms. The van der Waals surface area contributed by atoms with Crippen molar-refractivity contribution in [2.75, 3.05) is 18.0 Å². The van der Waals surface area contributed by atoms with Crippen molar-refractivity contribution >= 4 is 5.69 Å². The van der Waals surface area contributed by atoms with Crippen molar-refractivity contribution in [1.29, 1.82) is 0 Å². The number of anilines is 1. The fourth-order valence-electron chi connectivity index (χ4n) is 2.50. The van der Waals surface area contributed by atoms with E-state index in [1.165, 1.54) is 0 Å². The molecule has 1 rings (SSSR count). The van der Waals surface area contributed by atoms with Gasteiger partial charge in [0.15, 0.2) is 0 Å². The van der Waals surface area contributed by atoms with Crippen molar-refractivity contribution in [2.24, 2.45) is 5.73 Å². The molecule has 1 unspecified atom stereocenters. The van der Waals surface area contributed by atoms with E-state index in [1.807, 2.05) is 12.1 Å². The van der Waals surface area contributed by atoms with Gasteiger partial charge in [-0.05, 0) is 37.8 Å². The lowest BCUT2D eigenvalue weighted by atomic mass is 10.0. The SMILES string of the molecule is CCCCN(CCCC)c1cccc(F)c1CC(N)CC. The van der Waals surface area contributed by atoms with Gasteiger partial charge in [0.05, 0.1) is 0 Å². The van der Waals surface area contributed by atoms with Crippen LogP contribution in [0.4, 0.5) is 10.1 Å². The van der Waals surface area contributed by atoms with E-state index >= 15 is 0 Å². The minimum atomic E-state index is -0.116. The highest BCUT2D eigenvalue weighted by Crippen LogP contribution is 2.26. The van der Waals surface area contributed by atoms with Crippen LogP contribution in [0.5, 0.6) is 0 Å². The Morgan fingerprint density at radius 3 is 2.24 bits per heavy atom. The van der Waals surface area contributed by atoms with Gasteiger partial charge in [0, 0.05) is 30.4 Å². The van der Waals surface area contributed by atoms with Gasteiger partial charge in [-0.15, -0.1) is 0 Å². The average Bonchev–Trinajstić information content (AvgIpc) is 2.49. The number of rotatable bonds is 10. The zero-order chi connectivity index (χ0) is 15.7. The summed E-state index contributed by atoms with van der Waals surface area (Å²) in [7, 11) is 0. The maximum atomic E-state index is 14.3. The quantitative estimate of drug-likeness (QED) is 0.688. The molecule has 0 saturated carbocycles. The fourth-order valence-corrected chi connectivity index (χ4v) is 2.50. The maximum absolute atomic E-state index is 14.3. The van der Waals surface area contributed by atoms with E-state index in [0.717, 1.165) is 56.4 Å². The molecule has 0 aliphatic carbocycles. The largest absolute Gasteiger partial charge is 0.371 e. The molecule has 1 aromatic carbocycles. The molecular formula is C18H31FN2. The lowest BCUT2D eigenvalue weighted by Crippen LogP contribution is -2.29. The number of halogens is 1. The summed E-state index contributed by atoms with van der Waals surface area (Å²) >= 11 is 0. The van der Waals surface area contributed by atoms with Gasteiger partial charge in [0.2, 0.25) is 0 Å². The van der Waals surface area contributed by atoms with Crippen molar-refractivity contribution in [3.05, 3.63) is 29.6 Å². The predicted octanol–water partition coefficient (Wildman–Crippen LogP) is 4.51. The molecule has 21 heavy (non-hydrogen) atoms. The topological polar surface area (TPSA) is 29.3 Å². The summed E-state index contributed by atoms with van der Waals surface area (Å²) in [5.74, 6) is -0.116. The third-order valence-corrected chi connectivity index (χ3v) is 3.99. The van der Waals surface area contributed by atoms with Gasteiger partial charge in [0.25, 0.3) is 0 Å². The smallest absolute Gasteiger partial charge is 0.128 e. The first-order chi connectivity index (χ1) is 10.1. The van der Waals surface area contributed by atoms with Crippen LogP contribution in [0, 0.1) is 5.82 Å². The average molecular weight is 294 g/mol. The molecular weight excluding hydrogens is 263 g/mol. The molecule has 2 N–H and O–H groups in total. The highest BCUT2D eigenvalue weighted by atomic mass is 19.1. The van der Waals surface area contributed by atoms with E-state index in [2.05, 4.69) is 25.7 Å². The van der Waals surface area contributed by atoms with E-state index < -0.39 is 0 Å². The molecule has 0 aliphatic heterocycles. The highest BCUT2D eigenvalue weighted by molar-refractivity contribution is 5.54. The third kappa shape index (κ3) is 5.66. The summed E-state index contributed by atoms with van der Waals surface area (Å²) in [6, 6.07) is 5.45. The third-order valence-electron chi connectivity index (χ3n) is 3.99. The fraction of sp³-hybridized carbons (Fsp3) is 0.667. The van der Waals surface area contributed by atoms with Crippen LogP contribution >= 0.6 is 0 Å². The second-order valence-electron chi connectivity index (χ2n) is 5.80. The number of hydrogen-bond donors (Lipinski definition) is 1. The van der Waals surface area contributed by atoms with E-state index in [4.69, 9.17) is 5.73 Å². The summed E-state index contributed by atoms with van der Waals surface area (Å²) in [6.45, 7) is 8.43. The molecule has 3 heteroatoms. The van der Waals surface area contributed by atoms with Crippen LogP contribution in [0.2, 0.25) is 0 Å². The highest BCUT2D eigenvalue weighted by Gasteiger charge is 2.16. The van der Waals surface area contributed by atoms with Crippen LogP contribution in [-0.2, 0) is 6.42 Å². The molecule has 0 heterocycles. The van der Waals surface area contributed by atoms with Gasteiger partial charge >= 0.3 is 0 Å². The van der Waals surface area contributed by atoms with E-state index in [0.29, 0.717) is 6.42 Å². The van der Waals surface area contributed by atoms with Crippen LogP contribution in [0.3, 0.4) is 0 Å². The molecule has 120 valence electrons. The number of hydrogen-bond acceptors (Lipinski definition) is 2. The maximum Gasteiger partial charge on any atom is 0.128 e. The van der Waals surface area contributed by atoms with Crippen LogP contribution in [0.1, 0.15) is 58.4 Å². The van der Waals surface area contributed by atoms with E-state index in [9.17, 15) is 4.39 Å². The number of nitrogens with zero attached hydrogens (tertiary/aromatic N) is 1. The van der Waals surface area contributed by atoms with Gasteiger partial charge in [-0.25, -0.2) is 4.39 Å². The van der Waals surface area contributed by atoms with Gasteiger partial charge in [-0.2, -0.15) is 0 Å². The van der Waals surface area contributed by atoms with Crippen molar-refractivity contribution in [1.82, 2.24) is 0 Å². The Morgan fingerprint density at radius 2 is 1.71 bits per heavy atom. The Bertz CT molecular complexity index is 398. The molecule has 0 spiro atoms. The zero-order valence-corrected chi connectivity index (χ0v) is 13.9. The lowest BCUT2D eigenvalue weighted by molar-refractivity contribution is 0.574. The van der Waals surface area contributed by atoms with E-state index in [1.54, 1.807) is 6.07 Å². The van der Waals surface area contributed by atoms with E-state index in [-0.39, 0.29) is 11.9 Å². The summed E-state index contributed by atoms with van der Waals surface area (Å²) in [4.78, 5) is 2.34. The minimum Gasteiger partial charge on any atom is -0.371 e. The van der Waals surface area contributed by atoms with Crippen LogP contribution in [0.15, 0.2) is 18.2 Å². The van der Waals surface area contributed by atoms with Gasteiger partial charge in [-0.1, -0.05) is 39.7 Å². The first-order valence-corrected chi connectivity index (χ1v) is 8.41. The Balaban J connectivity index is 3.01. The number of unbranched alkanes of at least 4 members (excludes halogenated alkanes) is 2. The second-order valence-corrected chi connectivity index (χ2v) is 5.80. The Hall–Kier alpha value is -1.09.